The minimum absolute atomic E-state index is 0.00761. The van der Waals surface area contributed by atoms with Crippen LogP contribution in [0, 0.1) is 0 Å². The van der Waals surface area contributed by atoms with Gasteiger partial charge in [-0.05, 0) is 45.1 Å². The minimum Gasteiger partial charge on any atom is -0.445 e. The van der Waals surface area contributed by atoms with Crippen molar-refractivity contribution in [2.24, 2.45) is 0 Å². The highest BCUT2D eigenvalue weighted by atomic mass is 16.5. The van der Waals surface area contributed by atoms with Crippen LogP contribution in [0.15, 0.2) is 30.3 Å². The van der Waals surface area contributed by atoms with E-state index < -0.39 is 29.7 Å². The molecule has 1 spiro atoms. The maximum atomic E-state index is 13.5. The van der Waals surface area contributed by atoms with E-state index in [4.69, 9.17) is 4.74 Å². The lowest BCUT2D eigenvalue weighted by molar-refractivity contribution is -0.180. The Hall–Kier alpha value is -3.14. The van der Waals surface area contributed by atoms with E-state index >= 15 is 0 Å². The molecule has 0 aliphatic carbocycles. The normalized spacial score (nSPS) is 25.4. The molecule has 0 saturated carbocycles. The van der Waals surface area contributed by atoms with Gasteiger partial charge in [0.05, 0.1) is 12.1 Å². The zero-order chi connectivity index (χ0) is 25.2. The number of benzene rings is 1. The molecule has 3 aliphatic heterocycles. The van der Waals surface area contributed by atoms with Crippen LogP contribution in [0.25, 0.3) is 0 Å². The number of hydrogen-bond acceptors (Lipinski definition) is 6. The summed E-state index contributed by atoms with van der Waals surface area (Å²) < 4.78 is 5.22. The van der Waals surface area contributed by atoms with E-state index in [1.165, 1.54) is 16.7 Å². The average molecular weight is 487 g/mol. The highest BCUT2D eigenvalue weighted by molar-refractivity contribution is 6.01. The number of carbonyl (C=O) groups is 4. The van der Waals surface area contributed by atoms with Gasteiger partial charge in [-0.3, -0.25) is 14.4 Å². The smallest absolute Gasteiger partial charge is 0.408 e. The number of aliphatic hydroxyl groups is 1. The maximum Gasteiger partial charge on any atom is 0.408 e. The lowest BCUT2D eigenvalue weighted by Crippen LogP contribution is -2.79. The molecule has 0 radical (unpaired) electrons. The molecule has 3 heterocycles. The summed E-state index contributed by atoms with van der Waals surface area (Å²) in [5.74, 6) is -0.850. The minimum atomic E-state index is -1.26. The average Bonchev–Trinajstić information content (AvgIpc) is 3.56. The maximum absolute atomic E-state index is 13.5. The van der Waals surface area contributed by atoms with Crippen molar-refractivity contribution in [1.29, 1.82) is 0 Å². The largest absolute Gasteiger partial charge is 0.445 e. The van der Waals surface area contributed by atoms with E-state index in [2.05, 4.69) is 5.32 Å². The number of amides is 4. The summed E-state index contributed by atoms with van der Waals surface area (Å²) in [5.41, 5.74) is -0.260. The Morgan fingerprint density at radius 3 is 2.46 bits per heavy atom. The second kappa shape index (κ2) is 10.2. The number of β-lactam (4-membered cyclic amide) rings is 1. The number of ether oxygens (including phenoxy) is 1. The van der Waals surface area contributed by atoms with Crippen molar-refractivity contribution >= 4 is 23.8 Å². The van der Waals surface area contributed by atoms with Gasteiger partial charge in [-0.1, -0.05) is 30.3 Å². The van der Waals surface area contributed by atoms with Crippen LogP contribution < -0.4 is 5.32 Å². The Morgan fingerprint density at radius 1 is 1.14 bits per heavy atom. The second-order valence-electron chi connectivity index (χ2n) is 9.64. The van der Waals surface area contributed by atoms with Crippen LogP contribution in [0.5, 0.6) is 0 Å². The lowest BCUT2D eigenvalue weighted by atomic mass is 9.77. The molecule has 35 heavy (non-hydrogen) atoms. The predicted octanol–water partition coefficient (Wildman–Crippen LogP) is 0.877. The Labute approximate surface area is 205 Å². The molecule has 4 rings (SSSR count). The summed E-state index contributed by atoms with van der Waals surface area (Å²) >= 11 is 0. The molecule has 10 heteroatoms. The van der Waals surface area contributed by atoms with Gasteiger partial charge in [0.1, 0.15) is 24.7 Å². The monoisotopic (exact) mass is 486 g/mol. The molecule has 4 amide bonds. The number of likely N-dealkylation sites (tertiary alicyclic amines) is 3. The molecule has 3 aliphatic rings. The predicted molar refractivity (Wildman–Crippen MR) is 126 cm³/mol. The van der Waals surface area contributed by atoms with Gasteiger partial charge in [0.25, 0.3) is 5.91 Å². The van der Waals surface area contributed by atoms with Gasteiger partial charge in [-0.15, -0.1) is 0 Å². The zero-order valence-electron chi connectivity index (χ0n) is 20.3. The molecule has 190 valence electrons. The lowest BCUT2D eigenvalue weighted by Gasteiger charge is -2.57. The van der Waals surface area contributed by atoms with Crippen molar-refractivity contribution in [3.05, 3.63) is 35.9 Å². The topological polar surface area (TPSA) is 119 Å². The summed E-state index contributed by atoms with van der Waals surface area (Å²) in [6, 6.07) is 7.52. The molecular weight excluding hydrogens is 452 g/mol. The number of hydrogen-bond donors (Lipinski definition) is 2. The van der Waals surface area contributed by atoms with Crippen LogP contribution >= 0.6 is 0 Å². The van der Waals surface area contributed by atoms with Gasteiger partial charge in [-0.25, -0.2) is 4.79 Å². The first-order chi connectivity index (χ1) is 16.8. The first-order valence-electron chi connectivity index (χ1n) is 12.3. The zero-order valence-corrected chi connectivity index (χ0v) is 20.3. The number of alkyl carbamates (subject to hydrolysis) is 1. The van der Waals surface area contributed by atoms with Crippen molar-refractivity contribution in [2.45, 2.75) is 69.9 Å². The fourth-order valence-corrected chi connectivity index (χ4v) is 5.47. The van der Waals surface area contributed by atoms with Crippen molar-refractivity contribution in [1.82, 2.24) is 20.0 Å². The second-order valence-corrected chi connectivity index (χ2v) is 9.64. The molecule has 3 saturated heterocycles. The number of aliphatic hydroxyl groups excluding tert-OH is 1. The SMILES string of the molecule is CC(O)C(NC(=O)OCc1ccccc1)C(=O)N1CCCC12C(=O)N(CC(=O)N1CCCC1)C2C. The number of rotatable bonds is 7. The fraction of sp³-hybridized carbons (Fsp3) is 0.600. The van der Waals surface area contributed by atoms with Crippen molar-refractivity contribution in [2.75, 3.05) is 26.2 Å². The third-order valence-electron chi connectivity index (χ3n) is 7.48. The molecule has 4 unspecified atom stereocenters. The van der Waals surface area contributed by atoms with Crippen molar-refractivity contribution in [3.63, 3.8) is 0 Å². The Kier molecular flexibility index (Phi) is 7.30. The number of carbonyl (C=O) groups excluding carboxylic acids is 4. The molecule has 3 fully saturated rings. The quantitative estimate of drug-likeness (QED) is 0.552. The number of nitrogens with one attached hydrogen (secondary N) is 1. The number of nitrogens with zero attached hydrogens (tertiary/aromatic N) is 3. The molecule has 1 aromatic rings. The van der Waals surface area contributed by atoms with E-state index in [0.29, 0.717) is 32.5 Å². The molecule has 0 aromatic heterocycles. The summed E-state index contributed by atoms with van der Waals surface area (Å²) in [7, 11) is 0. The highest BCUT2D eigenvalue weighted by Gasteiger charge is 2.65. The molecular formula is C25H34N4O6. The van der Waals surface area contributed by atoms with E-state index in [-0.39, 0.29) is 31.0 Å². The van der Waals surface area contributed by atoms with Crippen LogP contribution in [0.2, 0.25) is 0 Å². The Bertz CT molecular complexity index is 964. The molecule has 0 bridgehead atoms. The van der Waals surface area contributed by atoms with Gasteiger partial charge in [0, 0.05) is 19.6 Å². The van der Waals surface area contributed by atoms with Crippen LogP contribution in [-0.2, 0) is 25.7 Å². The van der Waals surface area contributed by atoms with Gasteiger partial charge < -0.3 is 29.9 Å². The molecule has 1 aromatic carbocycles. The van der Waals surface area contributed by atoms with E-state index in [1.807, 2.05) is 37.3 Å². The molecule has 2 N–H and O–H groups in total. The van der Waals surface area contributed by atoms with Crippen LogP contribution in [0.1, 0.15) is 45.1 Å². The Balaban J connectivity index is 1.40. The van der Waals surface area contributed by atoms with Crippen molar-refractivity contribution < 1.29 is 29.0 Å². The van der Waals surface area contributed by atoms with Gasteiger partial charge in [0.15, 0.2) is 0 Å². The first kappa shape index (κ1) is 25.0. The first-order valence-corrected chi connectivity index (χ1v) is 12.3. The third kappa shape index (κ3) is 4.71. The van der Waals surface area contributed by atoms with E-state index in [1.54, 1.807) is 4.90 Å². The fourth-order valence-electron chi connectivity index (χ4n) is 5.47. The van der Waals surface area contributed by atoms with Gasteiger partial charge in [0.2, 0.25) is 11.8 Å². The molecule has 4 atom stereocenters. The van der Waals surface area contributed by atoms with E-state index in [9.17, 15) is 24.3 Å². The highest BCUT2D eigenvalue weighted by Crippen LogP contribution is 2.44. The standard InChI is InChI=1S/C25H34N4O6/c1-17(30)21(26-24(34)35-16-19-9-4-3-5-10-19)22(32)29-14-8-11-25(29)18(2)28(23(25)33)15-20(31)27-12-6-7-13-27/h3-5,9-10,17-18,21,30H,6-8,11-16H2,1-2H3,(H,26,34). The van der Waals surface area contributed by atoms with Crippen LogP contribution in [0.3, 0.4) is 0 Å². The van der Waals surface area contributed by atoms with Crippen LogP contribution in [0.4, 0.5) is 4.79 Å². The van der Waals surface area contributed by atoms with Crippen LogP contribution in [-0.4, -0.2) is 93.5 Å². The summed E-state index contributed by atoms with van der Waals surface area (Å²) in [4.78, 5) is 56.6. The van der Waals surface area contributed by atoms with Gasteiger partial charge >= 0.3 is 6.09 Å². The molecule has 10 nitrogen and oxygen atoms in total. The van der Waals surface area contributed by atoms with Gasteiger partial charge in [-0.2, -0.15) is 0 Å². The summed E-state index contributed by atoms with van der Waals surface area (Å²) in [5, 5.41) is 12.8. The summed E-state index contributed by atoms with van der Waals surface area (Å²) in [6.45, 7) is 5.07. The van der Waals surface area contributed by atoms with E-state index in [0.717, 1.165) is 18.4 Å². The van der Waals surface area contributed by atoms with Crippen molar-refractivity contribution in [3.8, 4) is 0 Å². The Morgan fingerprint density at radius 2 is 1.83 bits per heavy atom. The third-order valence-corrected chi connectivity index (χ3v) is 7.48. The summed E-state index contributed by atoms with van der Waals surface area (Å²) in [6.07, 6.45) is 1.04.